The van der Waals surface area contributed by atoms with Gasteiger partial charge in [0.05, 0.1) is 0 Å². The molecule has 1 aromatic carbocycles. The van der Waals surface area contributed by atoms with Crippen LogP contribution < -0.4 is 10.1 Å². The average molecular weight is 468 g/mol. The predicted molar refractivity (Wildman–Crippen MR) is 102 cm³/mol. The van der Waals surface area contributed by atoms with E-state index in [1.54, 1.807) is 12.1 Å². The van der Waals surface area contributed by atoms with Gasteiger partial charge in [0.2, 0.25) is 0 Å². The van der Waals surface area contributed by atoms with Gasteiger partial charge in [-0.2, -0.15) is 0 Å². The van der Waals surface area contributed by atoms with Crippen LogP contribution in [0.25, 0.3) is 0 Å². The Morgan fingerprint density at radius 2 is 1.84 bits per heavy atom. The van der Waals surface area contributed by atoms with Crippen molar-refractivity contribution < 1.29 is 17.9 Å². The molecule has 0 aliphatic carbocycles. The molecule has 0 spiro atoms. The van der Waals surface area contributed by atoms with E-state index >= 15 is 0 Å². The van der Waals surface area contributed by atoms with Crippen LogP contribution in [0.2, 0.25) is 0 Å². The molecule has 2 atom stereocenters. The SMILES string of the molecule is CCC(C)[C@@H](c1cc(Br)ccc1OC(F)(F)F)N1CCNCC1.Cl.Cl. The lowest BCUT2D eigenvalue weighted by Crippen LogP contribution is -2.46. The largest absolute Gasteiger partial charge is 0.573 e. The minimum atomic E-state index is -4.69. The maximum absolute atomic E-state index is 12.8. The molecule has 3 nitrogen and oxygen atoms in total. The normalized spacial score (nSPS) is 17.8. The fourth-order valence-corrected chi connectivity index (χ4v) is 3.39. The fourth-order valence-electron chi connectivity index (χ4n) is 3.01. The van der Waals surface area contributed by atoms with Gasteiger partial charge in [-0.15, -0.1) is 38.0 Å². The molecule has 0 saturated carbocycles. The van der Waals surface area contributed by atoms with E-state index in [2.05, 4.69) is 44.7 Å². The molecule has 1 N–H and O–H groups in total. The Kier molecular flexibility index (Phi) is 10.7. The highest BCUT2D eigenvalue weighted by molar-refractivity contribution is 9.10. The summed E-state index contributed by atoms with van der Waals surface area (Å²) in [6, 6.07) is 4.62. The summed E-state index contributed by atoms with van der Waals surface area (Å²) in [6.07, 6.45) is -3.81. The number of nitrogens with one attached hydrogen (secondary N) is 1. The summed E-state index contributed by atoms with van der Waals surface area (Å²) in [4.78, 5) is 2.25. The molecule has 1 aromatic rings. The molecule has 9 heteroatoms. The van der Waals surface area contributed by atoms with E-state index in [0.717, 1.165) is 37.1 Å². The Labute approximate surface area is 167 Å². The molecule has 0 aromatic heterocycles. The summed E-state index contributed by atoms with van der Waals surface area (Å²) in [7, 11) is 0. The highest BCUT2D eigenvalue weighted by atomic mass is 79.9. The standard InChI is InChI=1S/C16H22BrF3N2O.2ClH/c1-3-11(2)15(22-8-6-21-7-9-22)13-10-12(17)4-5-14(13)23-16(18,19)20;;/h4-5,10-11,15,21H,3,6-9H2,1-2H3;2*1H/t11?,15-;;/m0../s1. The van der Waals surface area contributed by atoms with E-state index < -0.39 is 6.36 Å². The zero-order valence-electron chi connectivity index (χ0n) is 14.1. The molecule has 1 aliphatic rings. The quantitative estimate of drug-likeness (QED) is 0.645. The van der Waals surface area contributed by atoms with Crippen LogP contribution in [-0.2, 0) is 0 Å². The van der Waals surface area contributed by atoms with Crippen molar-refractivity contribution in [2.75, 3.05) is 26.2 Å². The Morgan fingerprint density at radius 3 is 2.36 bits per heavy atom. The fraction of sp³-hybridized carbons (Fsp3) is 0.625. The highest BCUT2D eigenvalue weighted by Gasteiger charge is 2.35. The first-order chi connectivity index (χ1) is 10.8. The van der Waals surface area contributed by atoms with Crippen molar-refractivity contribution in [1.29, 1.82) is 0 Å². The van der Waals surface area contributed by atoms with Gasteiger partial charge in [-0.25, -0.2) is 0 Å². The van der Waals surface area contributed by atoms with Crippen molar-refractivity contribution in [3.05, 3.63) is 28.2 Å². The van der Waals surface area contributed by atoms with Gasteiger partial charge in [0.25, 0.3) is 0 Å². The number of ether oxygens (including phenoxy) is 1. The van der Waals surface area contributed by atoms with Gasteiger partial charge in [0.15, 0.2) is 0 Å². The second-order valence-corrected chi connectivity index (χ2v) is 6.76. The molecule has 25 heavy (non-hydrogen) atoms. The van der Waals surface area contributed by atoms with Crippen LogP contribution in [0, 0.1) is 5.92 Å². The number of halogens is 6. The van der Waals surface area contributed by atoms with Gasteiger partial charge in [-0.05, 0) is 24.1 Å². The number of benzene rings is 1. The number of hydrogen-bond donors (Lipinski definition) is 1. The molecule has 0 amide bonds. The average Bonchev–Trinajstić information content (AvgIpc) is 2.50. The second kappa shape index (κ2) is 10.8. The number of piperazine rings is 1. The van der Waals surface area contributed by atoms with Crippen molar-refractivity contribution >= 4 is 40.7 Å². The van der Waals surface area contributed by atoms with E-state index in [0.29, 0.717) is 5.56 Å². The van der Waals surface area contributed by atoms with Gasteiger partial charge in [-0.1, -0.05) is 36.2 Å². The summed E-state index contributed by atoms with van der Waals surface area (Å²) < 4.78 is 43.3. The molecule has 0 bridgehead atoms. The summed E-state index contributed by atoms with van der Waals surface area (Å²) in [5.74, 6) is 0.113. The summed E-state index contributed by atoms with van der Waals surface area (Å²) in [6.45, 7) is 7.44. The maximum Gasteiger partial charge on any atom is 0.573 e. The lowest BCUT2D eigenvalue weighted by Gasteiger charge is -2.39. The zero-order chi connectivity index (χ0) is 17.0. The first-order valence-corrected chi connectivity index (χ1v) is 8.61. The second-order valence-electron chi connectivity index (χ2n) is 5.85. The molecule has 1 aliphatic heterocycles. The minimum Gasteiger partial charge on any atom is -0.405 e. The van der Waals surface area contributed by atoms with E-state index in [1.165, 1.54) is 6.07 Å². The van der Waals surface area contributed by atoms with Gasteiger partial charge in [0, 0.05) is 42.3 Å². The van der Waals surface area contributed by atoms with E-state index in [1.807, 2.05) is 0 Å². The van der Waals surface area contributed by atoms with Crippen LogP contribution in [0.15, 0.2) is 22.7 Å². The van der Waals surface area contributed by atoms with E-state index in [9.17, 15) is 13.2 Å². The van der Waals surface area contributed by atoms with Gasteiger partial charge in [-0.3, -0.25) is 4.90 Å². The molecule has 146 valence electrons. The smallest absolute Gasteiger partial charge is 0.405 e. The van der Waals surface area contributed by atoms with Gasteiger partial charge >= 0.3 is 6.36 Å². The summed E-state index contributed by atoms with van der Waals surface area (Å²) in [5, 5.41) is 3.28. The molecule has 0 radical (unpaired) electrons. The van der Waals surface area contributed by atoms with E-state index in [-0.39, 0.29) is 42.5 Å². The summed E-state index contributed by atoms with van der Waals surface area (Å²) in [5.41, 5.74) is 0.591. The van der Waals surface area contributed by atoms with Gasteiger partial charge in [0.1, 0.15) is 5.75 Å². The topological polar surface area (TPSA) is 24.5 Å². The van der Waals surface area contributed by atoms with Crippen LogP contribution in [-0.4, -0.2) is 37.4 Å². The Bertz CT molecular complexity index is 529. The molecular weight excluding hydrogens is 444 g/mol. The maximum atomic E-state index is 12.8. The minimum absolute atomic E-state index is 0. The molecule has 1 saturated heterocycles. The summed E-state index contributed by atoms with van der Waals surface area (Å²) >= 11 is 3.37. The van der Waals surface area contributed by atoms with Crippen LogP contribution in [0.1, 0.15) is 31.9 Å². The van der Waals surface area contributed by atoms with Crippen LogP contribution in [0.3, 0.4) is 0 Å². The Morgan fingerprint density at radius 1 is 1.24 bits per heavy atom. The van der Waals surface area contributed by atoms with Crippen molar-refractivity contribution in [2.45, 2.75) is 32.7 Å². The number of nitrogens with zero attached hydrogens (tertiary/aromatic N) is 1. The van der Waals surface area contributed by atoms with Crippen molar-refractivity contribution in [3.63, 3.8) is 0 Å². The molecular formula is C16H24BrCl2F3N2O. The van der Waals surface area contributed by atoms with Gasteiger partial charge < -0.3 is 10.1 Å². The van der Waals surface area contributed by atoms with Crippen LogP contribution in [0.4, 0.5) is 13.2 Å². The third-order valence-electron chi connectivity index (χ3n) is 4.24. The number of hydrogen-bond acceptors (Lipinski definition) is 3. The number of rotatable bonds is 5. The van der Waals surface area contributed by atoms with Crippen molar-refractivity contribution in [2.24, 2.45) is 5.92 Å². The van der Waals surface area contributed by atoms with Crippen molar-refractivity contribution in [3.8, 4) is 5.75 Å². The lowest BCUT2D eigenvalue weighted by atomic mass is 9.90. The molecule has 1 unspecified atom stereocenters. The van der Waals surface area contributed by atoms with Crippen molar-refractivity contribution in [1.82, 2.24) is 10.2 Å². The number of alkyl halides is 3. The first kappa shape index (κ1) is 24.8. The Balaban J connectivity index is 0.00000288. The van der Waals surface area contributed by atoms with Crippen LogP contribution >= 0.6 is 40.7 Å². The highest BCUT2D eigenvalue weighted by Crippen LogP contribution is 2.39. The van der Waals surface area contributed by atoms with Crippen LogP contribution in [0.5, 0.6) is 5.75 Å². The lowest BCUT2D eigenvalue weighted by molar-refractivity contribution is -0.275. The first-order valence-electron chi connectivity index (χ1n) is 7.81. The van der Waals surface area contributed by atoms with E-state index in [4.69, 9.17) is 0 Å². The molecule has 1 heterocycles. The third kappa shape index (κ3) is 7.13. The third-order valence-corrected chi connectivity index (χ3v) is 4.74. The monoisotopic (exact) mass is 466 g/mol. The molecule has 2 rings (SSSR count). The zero-order valence-corrected chi connectivity index (χ0v) is 17.3. The Hall–Kier alpha value is -0.210. The predicted octanol–water partition coefficient (Wildman–Crippen LogP) is 5.18. The molecule has 1 fully saturated rings.